The van der Waals surface area contributed by atoms with Crippen LogP contribution in [0.2, 0.25) is 0 Å². The molecule has 31 heavy (non-hydrogen) atoms. The van der Waals surface area contributed by atoms with Crippen molar-refractivity contribution in [2.75, 3.05) is 0 Å². The average molecular weight is 405 g/mol. The second kappa shape index (κ2) is 9.19. The maximum absolute atomic E-state index is 13.1. The molecule has 4 aromatic rings. The summed E-state index contributed by atoms with van der Waals surface area (Å²) in [7, 11) is 0. The number of ketones is 1. The van der Waals surface area contributed by atoms with E-state index in [1.165, 1.54) is 12.1 Å². The molecule has 4 rings (SSSR count). The minimum atomic E-state index is -0.254. The third-order valence-electron chi connectivity index (χ3n) is 5.24. The number of rotatable bonds is 6. The molecule has 0 amide bonds. The smallest absolute Gasteiger partial charge is 0.141 e. The van der Waals surface area contributed by atoms with E-state index in [9.17, 15) is 9.18 Å². The molecule has 0 atom stereocenters. The topological polar surface area (TPSA) is 40.9 Å². The second-order valence-electron chi connectivity index (χ2n) is 7.48. The Kier molecular flexibility index (Phi) is 6.01. The fourth-order valence-corrected chi connectivity index (χ4v) is 3.53. The molecule has 0 aliphatic rings. The van der Waals surface area contributed by atoms with Crippen molar-refractivity contribution >= 4 is 5.78 Å². The van der Waals surface area contributed by atoms with Gasteiger partial charge in [-0.15, -0.1) is 0 Å². The van der Waals surface area contributed by atoms with E-state index in [1.54, 1.807) is 24.3 Å². The van der Waals surface area contributed by atoms with Crippen LogP contribution in [0.15, 0.2) is 97.1 Å². The van der Waals surface area contributed by atoms with Crippen LogP contribution in [0.3, 0.4) is 0 Å². The minimum absolute atomic E-state index is 0.153. The summed E-state index contributed by atoms with van der Waals surface area (Å²) in [5.74, 6) is -0.100. The zero-order valence-electron chi connectivity index (χ0n) is 16.9. The van der Waals surface area contributed by atoms with Crippen LogP contribution in [0.5, 0.6) is 0 Å². The number of nitriles is 1. The Balaban J connectivity index is 1.37. The summed E-state index contributed by atoms with van der Waals surface area (Å²) in [6, 6.07) is 31.7. The van der Waals surface area contributed by atoms with Crippen molar-refractivity contribution in [2.24, 2.45) is 0 Å². The van der Waals surface area contributed by atoms with Crippen molar-refractivity contribution in [2.45, 2.75) is 12.8 Å². The van der Waals surface area contributed by atoms with Gasteiger partial charge in [0.05, 0.1) is 11.6 Å². The molecule has 0 saturated carbocycles. The van der Waals surface area contributed by atoms with E-state index >= 15 is 0 Å². The van der Waals surface area contributed by atoms with Crippen LogP contribution < -0.4 is 0 Å². The first-order chi connectivity index (χ1) is 15.1. The van der Waals surface area contributed by atoms with Gasteiger partial charge >= 0.3 is 0 Å². The van der Waals surface area contributed by atoms with Crippen molar-refractivity contribution in [3.8, 4) is 28.3 Å². The summed E-state index contributed by atoms with van der Waals surface area (Å²) in [6.07, 6.45) is 0.758. The summed E-state index contributed by atoms with van der Waals surface area (Å²) in [6.45, 7) is 0. The summed E-state index contributed by atoms with van der Waals surface area (Å²) in [5, 5.41) is 8.91. The van der Waals surface area contributed by atoms with Gasteiger partial charge in [0.2, 0.25) is 0 Å². The van der Waals surface area contributed by atoms with Gasteiger partial charge in [0.25, 0.3) is 0 Å². The number of hydrogen-bond donors (Lipinski definition) is 0. The van der Waals surface area contributed by atoms with Gasteiger partial charge in [-0.2, -0.15) is 5.26 Å². The lowest BCUT2D eigenvalue weighted by Crippen LogP contribution is -2.06. The number of hydrogen-bond acceptors (Lipinski definition) is 2. The van der Waals surface area contributed by atoms with Crippen LogP contribution in [-0.4, -0.2) is 5.78 Å². The molecule has 2 nitrogen and oxygen atoms in total. The first kappa shape index (κ1) is 20.3. The molecule has 0 N–H and O–H groups in total. The molecular formula is C28H20FNO. The van der Waals surface area contributed by atoms with E-state index in [1.807, 2.05) is 60.7 Å². The van der Waals surface area contributed by atoms with E-state index in [2.05, 4.69) is 6.07 Å². The Morgan fingerprint density at radius 3 is 1.35 bits per heavy atom. The van der Waals surface area contributed by atoms with E-state index in [4.69, 9.17) is 5.26 Å². The predicted molar refractivity (Wildman–Crippen MR) is 121 cm³/mol. The highest BCUT2D eigenvalue weighted by atomic mass is 19.1. The Morgan fingerprint density at radius 2 is 0.968 bits per heavy atom. The summed E-state index contributed by atoms with van der Waals surface area (Å²) < 4.78 is 13.1. The molecule has 4 aromatic carbocycles. The zero-order valence-corrected chi connectivity index (χ0v) is 16.9. The SMILES string of the molecule is N#Cc1ccc(-c2ccc(CC(=O)Cc3ccc(-c4ccc(F)cc4)cc3)cc2)cc1. The zero-order chi connectivity index (χ0) is 21.6. The van der Waals surface area contributed by atoms with Crippen molar-refractivity contribution in [3.63, 3.8) is 0 Å². The molecule has 0 saturated heterocycles. The quantitative estimate of drug-likeness (QED) is 0.373. The fourth-order valence-electron chi connectivity index (χ4n) is 3.53. The highest BCUT2D eigenvalue weighted by molar-refractivity contribution is 5.83. The standard InChI is InChI=1S/C28H20FNO/c29-27-15-13-26(14-16-27)24-9-3-21(4-10-24)18-28(31)17-20-1-7-23(8-2-20)25-11-5-22(19-30)6-12-25/h1-16H,17-18H2. The predicted octanol–water partition coefficient (Wildman–Crippen LogP) is 6.39. The molecule has 0 aliphatic carbocycles. The Bertz CT molecular complexity index is 1220. The van der Waals surface area contributed by atoms with Gasteiger partial charge < -0.3 is 0 Å². The van der Waals surface area contributed by atoms with Gasteiger partial charge in [-0.05, 0) is 57.6 Å². The fraction of sp³-hybridized carbons (Fsp3) is 0.0714. The largest absolute Gasteiger partial charge is 0.299 e. The van der Waals surface area contributed by atoms with Crippen LogP contribution in [0, 0.1) is 17.1 Å². The summed E-state index contributed by atoms with van der Waals surface area (Å²) >= 11 is 0. The lowest BCUT2D eigenvalue weighted by atomic mass is 9.98. The molecule has 0 aliphatic heterocycles. The number of carbonyl (C=O) groups is 1. The number of benzene rings is 4. The van der Waals surface area contributed by atoms with Crippen LogP contribution in [-0.2, 0) is 17.6 Å². The molecule has 0 unspecified atom stereocenters. The van der Waals surface area contributed by atoms with Gasteiger partial charge in [-0.1, -0.05) is 72.8 Å². The molecule has 0 spiro atoms. The number of halogens is 1. The third-order valence-corrected chi connectivity index (χ3v) is 5.24. The molecule has 0 heterocycles. The Morgan fingerprint density at radius 1 is 0.613 bits per heavy atom. The molecular weight excluding hydrogens is 385 g/mol. The van der Waals surface area contributed by atoms with Crippen molar-refractivity contribution in [1.82, 2.24) is 0 Å². The van der Waals surface area contributed by atoms with Crippen LogP contribution in [0.1, 0.15) is 16.7 Å². The Hall–Kier alpha value is -4.03. The van der Waals surface area contributed by atoms with E-state index < -0.39 is 0 Å². The normalized spacial score (nSPS) is 10.5. The average Bonchev–Trinajstić information content (AvgIpc) is 2.81. The molecule has 0 bridgehead atoms. The van der Waals surface area contributed by atoms with E-state index in [0.29, 0.717) is 18.4 Å². The van der Waals surface area contributed by atoms with Gasteiger partial charge in [0, 0.05) is 12.8 Å². The van der Waals surface area contributed by atoms with Crippen LogP contribution in [0.25, 0.3) is 22.3 Å². The monoisotopic (exact) mass is 405 g/mol. The number of carbonyl (C=O) groups excluding carboxylic acids is 1. The molecule has 0 radical (unpaired) electrons. The highest BCUT2D eigenvalue weighted by Crippen LogP contribution is 2.22. The van der Waals surface area contributed by atoms with Crippen molar-refractivity contribution < 1.29 is 9.18 Å². The number of Topliss-reactive ketones (excluding diaryl/α,β-unsaturated/α-hetero) is 1. The third kappa shape index (κ3) is 5.12. The summed E-state index contributed by atoms with van der Waals surface area (Å²) in [5.41, 5.74) is 6.61. The lowest BCUT2D eigenvalue weighted by molar-refractivity contribution is -0.117. The van der Waals surface area contributed by atoms with E-state index in [0.717, 1.165) is 33.4 Å². The van der Waals surface area contributed by atoms with Gasteiger partial charge in [-0.3, -0.25) is 4.79 Å². The second-order valence-corrected chi connectivity index (χ2v) is 7.48. The Labute approximate surface area is 181 Å². The summed E-state index contributed by atoms with van der Waals surface area (Å²) in [4.78, 5) is 12.5. The molecule has 3 heteroatoms. The first-order valence-corrected chi connectivity index (χ1v) is 10.1. The van der Waals surface area contributed by atoms with Crippen LogP contribution in [0.4, 0.5) is 4.39 Å². The first-order valence-electron chi connectivity index (χ1n) is 10.1. The van der Waals surface area contributed by atoms with Crippen LogP contribution >= 0.6 is 0 Å². The van der Waals surface area contributed by atoms with Gasteiger partial charge in [0.15, 0.2) is 0 Å². The lowest BCUT2D eigenvalue weighted by Gasteiger charge is -2.06. The van der Waals surface area contributed by atoms with Crippen molar-refractivity contribution in [1.29, 1.82) is 5.26 Å². The maximum atomic E-state index is 13.1. The van der Waals surface area contributed by atoms with Gasteiger partial charge in [-0.25, -0.2) is 4.39 Å². The molecule has 0 aromatic heterocycles. The van der Waals surface area contributed by atoms with Crippen molar-refractivity contribution in [3.05, 3.63) is 120 Å². The van der Waals surface area contributed by atoms with Gasteiger partial charge in [0.1, 0.15) is 11.6 Å². The highest BCUT2D eigenvalue weighted by Gasteiger charge is 2.07. The number of nitrogens with zero attached hydrogens (tertiary/aromatic N) is 1. The minimum Gasteiger partial charge on any atom is -0.299 e. The maximum Gasteiger partial charge on any atom is 0.141 e. The molecule has 0 fully saturated rings. The molecule has 150 valence electrons. The van der Waals surface area contributed by atoms with E-state index in [-0.39, 0.29) is 11.6 Å².